The number of rotatable bonds is 3. The summed E-state index contributed by atoms with van der Waals surface area (Å²) in [7, 11) is 3.85. The van der Waals surface area contributed by atoms with Crippen molar-refractivity contribution in [2.75, 3.05) is 40.3 Å². The zero-order chi connectivity index (χ0) is 10.6. The molecular formula is C10H21N3O. The molecule has 0 radical (unpaired) electrons. The fourth-order valence-corrected chi connectivity index (χ4v) is 1.63. The van der Waals surface area contributed by atoms with E-state index in [1.54, 1.807) is 0 Å². The first kappa shape index (κ1) is 11.5. The number of carbonyl (C=O) groups excluding carboxylic acids is 1. The average Bonchev–Trinajstić information content (AvgIpc) is 2.33. The van der Waals surface area contributed by atoms with Gasteiger partial charge in [0.15, 0.2) is 0 Å². The van der Waals surface area contributed by atoms with Crippen LogP contribution in [0.5, 0.6) is 0 Å². The molecule has 0 saturated carbocycles. The maximum atomic E-state index is 11.4. The summed E-state index contributed by atoms with van der Waals surface area (Å²) >= 11 is 0. The molecule has 4 heteroatoms. The van der Waals surface area contributed by atoms with Gasteiger partial charge in [-0.1, -0.05) is 0 Å². The highest BCUT2D eigenvalue weighted by atomic mass is 16.2. The summed E-state index contributed by atoms with van der Waals surface area (Å²) in [6.45, 7) is 5.94. The normalized spacial score (nSPS) is 22.2. The smallest absolute Gasteiger partial charge is 0.223 e. The van der Waals surface area contributed by atoms with Gasteiger partial charge in [-0.25, -0.2) is 0 Å². The van der Waals surface area contributed by atoms with E-state index in [4.69, 9.17) is 0 Å². The summed E-state index contributed by atoms with van der Waals surface area (Å²) in [5, 5.41) is 3.21. The average molecular weight is 199 g/mol. The van der Waals surface area contributed by atoms with Crippen LogP contribution in [0.25, 0.3) is 0 Å². The number of amides is 1. The topological polar surface area (TPSA) is 35.6 Å². The lowest BCUT2D eigenvalue weighted by molar-refractivity contribution is -0.129. The van der Waals surface area contributed by atoms with Gasteiger partial charge in [-0.2, -0.15) is 0 Å². The van der Waals surface area contributed by atoms with Crippen molar-refractivity contribution in [3.05, 3.63) is 0 Å². The van der Waals surface area contributed by atoms with Crippen LogP contribution in [-0.4, -0.2) is 62.0 Å². The van der Waals surface area contributed by atoms with Crippen molar-refractivity contribution >= 4 is 5.91 Å². The van der Waals surface area contributed by atoms with Gasteiger partial charge >= 0.3 is 0 Å². The fourth-order valence-electron chi connectivity index (χ4n) is 1.63. The number of likely N-dealkylation sites (N-methyl/N-ethyl adjacent to an activating group) is 2. The highest BCUT2D eigenvalue weighted by molar-refractivity contribution is 5.76. The molecule has 1 N–H and O–H groups in total. The van der Waals surface area contributed by atoms with E-state index in [-0.39, 0.29) is 5.91 Å². The van der Waals surface area contributed by atoms with Gasteiger partial charge < -0.3 is 10.2 Å². The molecule has 0 aromatic carbocycles. The molecule has 1 heterocycles. The van der Waals surface area contributed by atoms with Crippen molar-refractivity contribution in [3.63, 3.8) is 0 Å². The summed E-state index contributed by atoms with van der Waals surface area (Å²) in [4.78, 5) is 15.6. The first-order valence-corrected chi connectivity index (χ1v) is 5.27. The Morgan fingerprint density at radius 3 is 2.79 bits per heavy atom. The van der Waals surface area contributed by atoms with Gasteiger partial charge in [-0.05, 0) is 14.0 Å². The Morgan fingerprint density at radius 1 is 1.43 bits per heavy atom. The maximum Gasteiger partial charge on any atom is 0.223 e. The second kappa shape index (κ2) is 5.32. The van der Waals surface area contributed by atoms with Crippen LogP contribution < -0.4 is 5.32 Å². The van der Waals surface area contributed by atoms with Gasteiger partial charge in [0.2, 0.25) is 5.91 Å². The van der Waals surface area contributed by atoms with Crippen molar-refractivity contribution in [3.8, 4) is 0 Å². The highest BCUT2D eigenvalue weighted by Crippen LogP contribution is 2.03. The highest BCUT2D eigenvalue weighted by Gasteiger charge is 2.18. The van der Waals surface area contributed by atoms with Gasteiger partial charge in [-0.3, -0.25) is 9.69 Å². The maximum absolute atomic E-state index is 11.4. The summed E-state index contributed by atoms with van der Waals surface area (Å²) in [5.74, 6) is 0.268. The van der Waals surface area contributed by atoms with Crippen LogP contribution in [-0.2, 0) is 4.79 Å². The monoisotopic (exact) mass is 199 g/mol. The molecule has 14 heavy (non-hydrogen) atoms. The van der Waals surface area contributed by atoms with E-state index in [1.807, 2.05) is 19.0 Å². The SMILES string of the molecule is CNC(C)CN1CCC(=O)N(C)CC1. The molecule has 1 aliphatic rings. The number of nitrogens with zero attached hydrogens (tertiary/aromatic N) is 2. The van der Waals surface area contributed by atoms with E-state index < -0.39 is 0 Å². The van der Waals surface area contributed by atoms with Crippen molar-refractivity contribution in [1.29, 1.82) is 0 Å². The van der Waals surface area contributed by atoms with Crippen molar-refractivity contribution in [2.45, 2.75) is 19.4 Å². The molecule has 1 saturated heterocycles. The van der Waals surface area contributed by atoms with Gasteiger partial charge in [0.05, 0.1) is 0 Å². The molecule has 0 aromatic rings. The van der Waals surface area contributed by atoms with Crippen molar-refractivity contribution in [2.24, 2.45) is 0 Å². The predicted octanol–water partition coefficient (Wildman–Crippen LogP) is -0.242. The third-order valence-corrected chi connectivity index (χ3v) is 2.84. The summed E-state index contributed by atoms with van der Waals surface area (Å²) in [5.41, 5.74) is 0. The lowest BCUT2D eigenvalue weighted by Gasteiger charge is -2.23. The number of hydrogen-bond donors (Lipinski definition) is 1. The fraction of sp³-hybridized carbons (Fsp3) is 0.900. The molecule has 1 fully saturated rings. The zero-order valence-electron chi connectivity index (χ0n) is 9.42. The number of nitrogens with one attached hydrogen (secondary N) is 1. The second-order valence-electron chi connectivity index (χ2n) is 4.06. The largest absolute Gasteiger partial charge is 0.344 e. The minimum Gasteiger partial charge on any atom is -0.344 e. The van der Waals surface area contributed by atoms with Crippen LogP contribution in [0.2, 0.25) is 0 Å². The Balaban J connectivity index is 2.38. The first-order chi connectivity index (χ1) is 6.63. The van der Waals surface area contributed by atoms with E-state index in [9.17, 15) is 4.79 Å². The van der Waals surface area contributed by atoms with E-state index >= 15 is 0 Å². The summed E-state index contributed by atoms with van der Waals surface area (Å²) in [6.07, 6.45) is 0.660. The standard InChI is InChI=1S/C10H21N3O/c1-9(11-2)8-13-5-4-10(14)12(3)6-7-13/h9,11H,4-8H2,1-3H3. The van der Waals surface area contributed by atoms with Crippen LogP contribution in [0, 0.1) is 0 Å². The van der Waals surface area contributed by atoms with Gasteiger partial charge in [-0.15, -0.1) is 0 Å². The summed E-state index contributed by atoms with van der Waals surface area (Å²) in [6, 6.07) is 0.494. The number of hydrogen-bond acceptors (Lipinski definition) is 3. The third kappa shape index (κ3) is 3.27. The molecule has 1 amide bonds. The molecule has 82 valence electrons. The molecule has 0 aromatic heterocycles. The van der Waals surface area contributed by atoms with E-state index in [0.29, 0.717) is 12.5 Å². The molecule has 1 aliphatic heterocycles. The van der Waals surface area contributed by atoms with E-state index in [0.717, 1.165) is 26.2 Å². The van der Waals surface area contributed by atoms with Crippen LogP contribution in [0.1, 0.15) is 13.3 Å². The van der Waals surface area contributed by atoms with Crippen LogP contribution >= 0.6 is 0 Å². The predicted molar refractivity (Wildman–Crippen MR) is 57.2 cm³/mol. The molecular weight excluding hydrogens is 178 g/mol. The van der Waals surface area contributed by atoms with Crippen molar-refractivity contribution < 1.29 is 4.79 Å². The summed E-state index contributed by atoms with van der Waals surface area (Å²) < 4.78 is 0. The molecule has 1 rings (SSSR count). The van der Waals surface area contributed by atoms with Crippen LogP contribution in [0.15, 0.2) is 0 Å². The second-order valence-corrected chi connectivity index (χ2v) is 4.06. The molecule has 0 aliphatic carbocycles. The van der Waals surface area contributed by atoms with Gasteiger partial charge in [0.1, 0.15) is 0 Å². The number of carbonyl (C=O) groups is 1. The Kier molecular flexibility index (Phi) is 4.35. The zero-order valence-corrected chi connectivity index (χ0v) is 9.42. The lowest BCUT2D eigenvalue weighted by atomic mass is 10.3. The Morgan fingerprint density at radius 2 is 2.14 bits per heavy atom. The van der Waals surface area contributed by atoms with Gasteiger partial charge in [0.25, 0.3) is 0 Å². The third-order valence-electron chi connectivity index (χ3n) is 2.84. The van der Waals surface area contributed by atoms with Gasteiger partial charge in [0, 0.05) is 45.7 Å². The minimum atomic E-state index is 0.268. The van der Waals surface area contributed by atoms with Crippen molar-refractivity contribution in [1.82, 2.24) is 15.1 Å². The first-order valence-electron chi connectivity index (χ1n) is 5.27. The van der Waals surface area contributed by atoms with Crippen LogP contribution in [0.4, 0.5) is 0 Å². The Labute approximate surface area is 86.2 Å². The molecule has 0 spiro atoms. The molecule has 1 unspecified atom stereocenters. The van der Waals surface area contributed by atoms with Crippen LogP contribution in [0.3, 0.4) is 0 Å². The Hall–Kier alpha value is -0.610. The van der Waals surface area contributed by atoms with E-state index in [1.165, 1.54) is 0 Å². The molecule has 0 bridgehead atoms. The lowest BCUT2D eigenvalue weighted by Crippen LogP contribution is -2.39. The minimum absolute atomic E-state index is 0.268. The van der Waals surface area contributed by atoms with E-state index in [2.05, 4.69) is 17.1 Å². The molecule has 1 atom stereocenters. The molecule has 4 nitrogen and oxygen atoms in total. The quantitative estimate of drug-likeness (QED) is 0.681. The Bertz CT molecular complexity index is 196.